The Morgan fingerprint density at radius 1 is 1.22 bits per heavy atom. The van der Waals surface area contributed by atoms with E-state index in [0.29, 0.717) is 16.5 Å². The molecule has 5 nitrogen and oxygen atoms in total. The summed E-state index contributed by atoms with van der Waals surface area (Å²) in [4.78, 5) is 16.1. The molecule has 3 aromatic rings. The fourth-order valence-electron chi connectivity index (χ4n) is 2.07. The Kier molecular flexibility index (Phi) is 4.47. The Morgan fingerprint density at radius 3 is 2.74 bits per heavy atom. The SMILES string of the molecule is Cn1c(SCC(=O)c2cccc(F)c2)nnc1-c1ccncc1. The van der Waals surface area contributed by atoms with Gasteiger partial charge in [-0.05, 0) is 24.3 Å². The highest BCUT2D eigenvalue weighted by Gasteiger charge is 2.14. The summed E-state index contributed by atoms with van der Waals surface area (Å²) in [5.74, 6) is 0.307. The van der Waals surface area contributed by atoms with Crippen molar-refractivity contribution in [2.75, 3.05) is 5.75 Å². The van der Waals surface area contributed by atoms with Gasteiger partial charge in [-0.1, -0.05) is 23.9 Å². The standard InChI is InChI=1S/C16H13FN4OS/c1-21-15(11-5-7-18-8-6-11)19-20-16(21)23-10-14(22)12-3-2-4-13(17)9-12/h2-9H,10H2,1H3. The minimum Gasteiger partial charge on any atom is -0.305 e. The summed E-state index contributed by atoms with van der Waals surface area (Å²) in [5.41, 5.74) is 1.26. The number of benzene rings is 1. The molecular formula is C16H13FN4OS. The number of carbonyl (C=O) groups is 1. The highest BCUT2D eigenvalue weighted by atomic mass is 32.2. The van der Waals surface area contributed by atoms with Gasteiger partial charge in [-0.25, -0.2) is 4.39 Å². The Hall–Kier alpha value is -2.54. The molecule has 0 N–H and O–H groups in total. The van der Waals surface area contributed by atoms with Crippen molar-refractivity contribution in [1.82, 2.24) is 19.7 Å². The van der Waals surface area contributed by atoms with Gasteiger partial charge in [0.1, 0.15) is 5.82 Å². The first-order valence-electron chi connectivity index (χ1n) is 6.86. The van der Waals surface area contributed by atoms with E-state index in [1.807, 2.05) is 23.7 Å². The lowest BCUT2D eigenvalue weighted by atomic mass is 10.1. The first-order chi connectivity index (χ1) is 11.1. The van der Waals surface area contributed by atoms with Crippen molar-refractivity contribution in [3.05, 3.63) is 60.2 Å². The zero-order valence-corrected chi connectivity index (χ0v) is 13.1. The molecule has 0 bridgehead atoms. The lowest BCUT2D eigenvalue weighted by molar-refractivity contribution is 0.102. The summed E-state index contributed by atoms with van der Waals surface area (Å²) in [6.45, 7) is 0. The molecular weight excluding hydrogens is 315 g/mol. The smallest absolute Gasteiger partial charge is 0.191 e. The molecule has 0 saturated carbocycles. The van der Waals surface area contributed by atoms with Gasteiger partial charge in [0.25, 0.3) is 0 Å². The largest absolute Gasteiger partial charge is 0.305 e. The molecule has 0 unspecified atom stereocenters. The molecule has 7 heteroatoms. The van der Waals surface area contributed by atoms with Crippen LogP contribution in [0.3, 0.4) is 0 Å². The number of thioether (sulfide) groups is 1. The average Bonchev–Trinajstić information content (AvgIpc) is 2.94. The molecule has 0 atom stereocenters. The highest BCUT2D eigenvalue weighted by Crippen LogP contribution is 2.22. The third kappa shape index (κ3) is 3.45. The summed E-state index contributed by atoms with van der Waals surface area (Å²) in [5, 5.41) is 8.87. The molecule has 0 aliphatic rings. The summed E-state index contributed by atoms with van der Waals surface area (Å²) in [6, 6.07) is 9.37. The van der Waals surface area contributed by atoms with E-state index >= 15 is 0 Å². The number of halogens is 1. The van der Waals surface area contributed by atoms with Crippen LogP contribution < -0.4 is 0 Å². The van der Waals surface area contributed by atoms with Gasteiger partial charge in [0.15, 0.2) is 16.8 Å². The third-order valence-electron chi connectivity index (χ3n) is 3.25. The molecule has 1 aromatic carbocycles. The number of carbonyl (C=O) groups excluding carboxylic acids is 1. The zero-order valence-electron chi connectivity index (χ0n) is 12.3. The summed E-state index contributed by atoms with van der Waals surface area (Å²) in [6.07, 6.45) is 3.37. The third-order valence-corrected chi connectivity index (χ3v) is 4.27. The van der Waals surface area contributed by atoms with Crippen molar-refractivity contribution >= 4 is 17.5 Å². The maximum Gasteiger partial charge on any atom is 0.191 e. The van der Waals surface area contributed by atoms with E-state index in [1.165, 1.54) is 30.0 Å². The average molecular weight is 328 g/mol. The van der Waals surface area contributed by atoms with E-state index < -0.39 is 5.82 Å². The lowest BCUT2D eigenvalue weighted by Gasteiger charge is -2.04. The van der Waals surface area contributed by atoms with Gasteiger partial charge in [-0.15, -0.1) is 10.2 Å². The Labute approximate surface area is 136 Å². The number of aromatic nitrogens is 4. The summed E-state index contributed by atoms with van der Waals surface area (Å²) < 4.78 is 15.0. The quantitative estimate of drug-likeness (QED) is 0.532. The van der Waals surface area contributed by atoms with Crippen LogP contribution in [0.2, 0.25) is 0 Å². The van der Waals surface area contributed by atoms with E-state index in [1.54, 1.807) is 18.5 Å². The molecule has 0 spiro atoms. The minimum atomic E-state index is -0.417. The van der Waals surface area contributed by atoms with Gasteiger partial charge < -0.3 is 4.57 Å². The molecule has 23 heavy (non-hydrogen) atoms. The van der Waals surface area contributed by atoms with E-state index in [-0.39, 0.29) is 11.5 Å². The second-order valence-electron chi connectivity index (χ2n) is 4.82. The maximum absolute atomic E-state index is 13.2. The molecule has 0 aliphatic heterocycles. The number of pyridine rings is 1. The van der Waals surface area contributed by atoms with Crippen LogP contribution in [0.5, 0.6) is 0 Å². The van der Waals surface area contributed by atoms with Crippen molar-refractivity contribution < 1.29 is 9.18 Å². The summed E-state index contributed by atoms with van der Waals surface area (Å²) >= 11 is 1.27. The van der Waals surface area contributed by atoms with Crippen LogP contribution in [-0.4, -0.2) is 31.3 Å². The van der Waals surface area contributed by atoms with Crippen LogP contribution in [-0.2, 0) is 7.05 Å². The number of Topliss-reactive ketones (excluding diaryl/α,β-unsaturated/α-hetero) is 1. The fraction of sp³-hybridized carbons (Fsp3) is 0.125. The molecule has 0 amide bonds. The Balaban J connectivity index is 1.72. The van der Waals surface area contributed by atoms with Crippen molar-refractivity contribution in [2.45, 2.75) is 5.16 Å². The van der Waals surface area contributed by atoms with Crippen LogP contribution in [0.15, 0.2) is 53.9 Å². The Morgan fingerprint density at radius 2 is 2.00 bits per heavy atom. The highest BCUT2D eigenvalue weighted by molar-refractivity contribution is 7.99. The van der Waals surface area contributed by atoms with Gasteiger partial charge in [0.05, 0.1) is 5.75 Å². The maximum atomic E-state index is 13.2. The second-order valence-corrected chi connectivity index (χ2v) is 5.77. The lowest BCUT2D eigenvalue weighted by Crippen LogP contribution is -2.04. The molecule has 2 aromatic heterocycles. The van der Waals surface area contributed by atoms with Crippen molar-refractivity contribution in [3.8, 4) is 11.4 Å². The van der Waals surface area contributed by atoms with E-state index in [0.717, 1.165) is 5.56 Å². The van der Waals surface area contributed by atoms with E-state index in [9.17, 15) is 9.18 Å². The van der Waals surface area contributed by atoms with Crippen LogP contribution >= 0.6 is 11.8 Å². The number of rotatable bonds is 5. The normalized spacial score (nSPS) is 10.7. The Bertz CT molecular complexity index is 835. The monoisotopic (exact) mass is 328 g/mol. The fourth-order valence-corrected chi connectivity index (χ4v) is 2.87. The number of ketones is 1. The summed E-state index contributed by atoms with van der Waals surface area (Å²) in [7, 11) is 1.84. The van der Waals surface area contributed by atoms with Crippen LogP contribution in [0.1, 0.15) is 10.4 Å². The van der Waals surface area contributed by atoms with Crippen LogP contribution in [0.4, 0.5) is 4.39 Å². The van der Waals surface area contributed by atoms with Crippen molar-refractivity contribution in [3.63, 3.8) is 0 Å². The second kappa shape index (κ2) is 6.70. The van der Waals surface area contributed by atoms with E-state index in [4.69, 9.17) is 0 Å². The van der Waals surface area contributed by atoms with Gasteiger partial charge in [-0.2, -0.15) is 0 Å². The van der Waals surface area contributed by atoms with Crippen LogP contribution in [0.25, 0.3) is 11.4 Å². The first kappa shape index (κ1) is 15.4. The van der Waals surface area contributed by atoms with Gasteiger partial charge in [0.2, 0.25) is 0 Å². The zero-order chi connectivity index (χ0) is 16.2. The predicted molar refractivity (Wildman–Crippen MR) is 85.7 cm³/mol. The molecule has 2 heterocycles. The number of hydrogen-bond acceptors (Lipinski definition) is 5. The number of hydrogen-bond donors (Lipinski definition) is 0. The van der Waals surface area contributed by atoms with Gasteiger partial charge in [0, 0.05) is 30.6 Å². The number of nitrogens with zero attached hydrogens (tertiary/aromatic N) is 4. The van der Waals surface area contributed by atoms with Crippen molar-refractivity contribution in [1.29, 1.82) is 0 Å². The van der Waals surface area contributed by atoms with Gasteiger partial charge in [-0.3, -0.25) is 9.78 Å². The molecule has 0 radical (unpaired) electrons. The van der Waals surface area contributed by atoms with E-state index in [2.05, 4.69) is 15.2 Å². The predicted octanol–water partition coefficient (Wildman–Crippen LogP) is 2.99. The molecule has 0 saturated heterocycles. The first-order valence-corrected chi connectivity index (χ1v) is 7.85. The van der Waals surface area contributed by atoms with Crippen LogP contribution in [0, 0.1) is 5.82 Å². The molecule has 116 valence electrons. The minimum absolute atomic E-state index is 0.150. The topological polar surface area (TPSA) is 60.7 Å². The molecule has 3 rings (SSSR count). The van der Waals surface area contributed by atoms with Gasteiger partial charge >= 0.3 is 0 Å². The van der Waals surface area contributed by atoms with Crippen molar-refractivity contribution in [2.24, 2.45) is 7.05 Å². The molecule has 0 aliphatic carbocycles. The molecule has 0 fully saturated rings.